The van der Waals surface area contributed by atoms with Gasteiger partial charge in [0.25, 0.3) is 0 Å². The molecule has 0 heterocycles. The van der Waals surface area contributed by atoms with Crippen LogP contribution in [0.15, 0.2) is 109 Å². The number of amides is 2. The van der Waals surface area contributed by atoms with Crippen LogP contribution in [0, 0.1) is 23.7 Å². The predicted octanol–water partition coefficient (Wildman–Crippen LogP) is 5.54. The summed E-state index contributed by atoms with van der Waals surface area (Å²) in [4.78, 5) is 54.4. The summed E-state index contributed by atoms with van der Waals surface area (Å²) in [7, 11) is 3.02. The Labute approximate surface area is 266 Å². The van der Waals surface area contributed by atoms with Crippen molar-refractivity contribution in [3.05, 3.63) is 120 Å². The molecule has 0 unspecified atom stereocenters. The molecule has 0 aliphatic heterocycles. The van der Waals surface area contributed by atoms with Gasteiger partial charge in [-0.3, -0.25) is 19.2 Å². The number of hydrogen-bond acceptors (Lipinski definition) is 6. The summed E-state index contributed by atoms with van der Waals surface area (Å²) in [5.41, 5.74) is 1.49. The van der Waals surface area contributed by atoms with Crippen molar-refractivity contribution in [2.24, 2.45) is 23.7 Å². The number of aliphatic carboxylic acids is 2. The van der Waals surface area contributed by atoms with Crippen molar-refractivity contribution in [3.8, 4) is 23.0 Å². The molecule has 1 saturated carbocycles. The Morgan fingerprint density at radius 3 is 1.11 bits per heavy atom. The second-order valence-corrected chi connectivity index (χ2v) is 11.3. The number of carboxylic acids is 2. The van der Waals surface area contributed by atoms with Crippen LogP contribution in [0.5, 0.6) is 23.0 Å². The van der Waals surface area contributed by atoms with Crippen molar-refractivity contribution in [2.75, 3.05) is 14.1 Å². The first kappa shape index (κ1) is 31.8. The molecule has 0 aromatic heterocycles. The Hall–Kier alpha value is -5.64. The lowest BCUT2D eigenvalue weighted by Gasteiger charge is -2.47. The van der Waals surface area contributed by atoms with Crippen LogP contribution in [-0.2, 0) is 32.3 Å². The van der Waals surface area contributed by atoms with Crippen molar-refractivity contribution in [3.63, 3.8) is 0 Å². The lowest BCUT2D eigenvalue weighted by Crippen LogP contribution is -2.63. The van der Waals surface area contributed by atoms with Gasteiger partial charge >= 0.3 is 11.9 Å². The van der Waals surface area contributed by atoms with E-state index in [4.69, 9.17) is 9.47 Å². The molecule has 0 saturated heterocycles. The van der Waals surface area contributed by atoms with Crippen molar-refractivity contribution < 1.29 is 38.9 Å². The zero-order chi connectivity index (χ0) is 32.8. The number of carbonyl (C=O) groups is 4. The summed E-state index contributed by atoms with van der Waals surface area (Å²) in [6.07, 6.45) is 0. The first-order valence-corrected chi connectivity index (χ1v) is 14.7. The normalized spacial score (nSPS) is 18.5. The average molecular weight is 623 g/mol. The third-order valence-electron chi connectivity index (χ3n) is 8.08. The minimum Gasteiger partial charge on any atom is -0.481 e. The van der Waals surface area contributed by atoms with Gasteiger partial charge in [0.1, 0.15) is 23.0 Å². The molecular weight excluding hydrogens is 588 g/mol. The van der Waals surface area contributed by atoms with Gasteiger partial charge in [-0.1, -0.05) is 60.7 Å². The van der Waals surface area contributed by atoms with Crippen LogP contribution in [0.25, 0.3) is 0 Å². The Bertz CT molecular complexity index is 1550. The zero-order valence-corrected chi connectivity index (χ0v) is 25.4. The highest BCUT2D eigenvalue weighted by molar-refractivity contribution is 5.99. The molecule has 10 nitrogen and oxygen atoms in total. The van der Waals surface area contributed by atoms with Gasteiger partial charge in [-0.05, 0) is 59.7 Å². The fraction of sp³-hybridized carbons (Fsp3) is 0.222. The highest BCUT2D eigenvalue weighted by atomic mass is 16.5. The topological polar surface area (TPSA) is 134 Å². The minimum absolute atomic E-state index is 0.124. The maximum Gasteiger partial charge on any atom is 0.308 e. The van der Waals surface area contributed by atoms with E-state index in [1.807, 2.05) is 60.7 Å². The molecule has 1 aliphatic rings. The van der Waals surface area contributed by atoms with E-state index in [1.54, 1.807) is 48.5 Å². The van der Waals surface area contributed by atoms with Crippen LogP contribution in [0.2, 0.25) is 0 Å². The third-order valence-corrected chi connectivity index (χ3v) is 8.08. The molecule has 2 N–H and O–H groups in total. The lowest BCUT2D eigenvalue weighted by molar-refractivity contribution is -0.187. The monoisotopic (exact) mass is 622 g/mol. The maximum absolute atomic E-state index is 13.7. The highest BCUT2D eigenvalue weighted by Gasteiger charge is 2.64. The average Bonchev–Trinajstić information content (AvgIpc) is 3.03. The van der Waals surface area contributed by atoms with E-state index in [-0.39, 0.29) is 13.1 Å². The summed E-state index contributed by atoms with van der Waals surface area (Å²) >= 11 is 0. The van der Waals surface area contributed by atoms with Gasteiger partial charge < -0.3 is 29.5 Å². The van der Waals surface area contributed by atoms with Crippen LogP contribution in [-0.4, -0.2) is 57.9 Å². The summed E-state index contributed by atoms with van der Waals surface area (Å²) in [6.45, 7) is 0.248. The van der Waals surface area contributed by atoms with Crippen molar-refractivity contribution >= 4 is 23.8 Å². The van der Waals surface area contributed by atoms with Gasteiger partial charge in [-0.25, -0.2) is 0 Å². The molecule has 4 atom stereocenters. The van der Waals surface area contributed by atoms with Gasteiger partial charge in [-0.2, -0.15) is 0 Å². The van der Waals surface area contributed by atoms with Gasteiger partial charge in [0.05, 0.1) is 23.7 Å². The molecule has 5 rings (SSSR count). The first-order chi connectivity index (χ1) is 22.1. The smallest absolute Gasteiger partial charge is 0.308 e. The van der Waals surface area contributed by atoms with E-state index in [1.165, 1.54) is 23.9 Å². The zero-order valence-electron chi connectivity index (χ0n) is 25.4. The van der Waals surface area contributed by atoms with Gasteiger partial charge in [-0.15, -0.1) is 0 Å². The number of rotatable bonds is 12. The molecule has 10 heteroatoms. The summed E-state index contributed by atoms with van der Waals surface area (Å²) < 4.78 is 11.6. The molecule has 2 amide bonds. The van der Waals surface area contributed by atoms with E-state index in [0.717, 1.165) is 11.1 Å². The molecule has 1 fully saturated rings. The summed E-state index contributed by atoms with van der Waals surface area (Å²) in [5, 5.41) is 19.8. The number of nitrogens with zero attached hydrogens (tertiary/aromatic N) is 2. The molecule has 4 aromatic rings. The Morgan fingerprint density at radius 2 is 0.804 bits per heavy atom. The number of carbonyl (C=O) groups excluding carboxylic acids is 2. The number of benzene rings is 4. The molecule has 236 valence electrons. The quantitative estimate of drug-likeness (QED) is 0.211. The van der Waals surface area contributed by atoms with E-state index in [2.05, 4.69) is 0 Å². The van der Waals surface area contributed by atoms with Crippen molar-refractivity contribution in [1.82, 2.24) is 9.80 Å². The third kappa shape index (κ3) is 7.18. The number of para-hydroxylation sites is 2. The standard InChI is InChI=1S/C36H34N2O8/c1-37(21-23-13-17-27(18-14-23)45-25-9-5-3-6-10-25)33(39)29-30(32(36(43)44)31(29)35(41)42)34(40)38(2)22-24-15-19-28(20-16-24)46-26-11-7-4-8-12-26/h3-20,29-32H,21-22H2,1-2H3,(H,41,42)(H,43,44)/t29-,30-,31-,32-/m1/s1. The predicted molar refractivity (Wildman–Crippen MR) is 168 cm³/mol. The van der Waals surface area contributed by atoms with Crippen LogP contribution < -0.4 is 9.47 Å². The number of carboxylic acid groups (broad SMARTS) is 2. The SMILES string of the molecule is CN(Cc1ccc(Oc2ccccc2)cc1)C(=O)[C@H]1[C@@H](C(=O)O)[C@H](C(=O)O)[C@@H]1C(=O)N(C)Cc1ccc(Oc2ccccc2)cc1. The van der Waals surface area contributed by atoms with Crippen LogP contribution in [0.3, 0.4) is 0 Å². The van der Waals surface area contributed by atoms with Gasteiger partial charge in [0, 0.05) is 27.2 Å². The summed E-state index contributed by atoms with van der Waals surface area (Å²) in [6, 6.07) is 32.7. The highest BCUT2D eigenvalue weighted by Crippen LogP contribution is 2.48. The first-order valence-electron chi connectivity index (χ1n) is 14.7. The van der Waals surface area contributed by atoms with E-state index < -0.39 is 47.4 Å². The summed E-state index contributed by atoms with van der Waals surface area (Å²) in [5.74, 6) is -7.25. The Morgan fingerprint density at radius 1 is 0.500 bits per heavy atom. The largest absolute Gasteiger partial charge is 0.481 e. The molecular formula is C36H34N2O8. The minimum atomic E-state index is -1.54. The lowest BCUT2D eigenvalue weighted by atomic mass is 9.55. The molecule has 46 heavy (non-hydrogen) atoms. The molecule has 0 radical (unpaired) electrons. The second kappa shape index (κ2) is 14.0. The molecule has 1 aliphatic carbocycles. The van der Waals surface area contributed by atoms with Crippen LogP contribution in [0.1, 0.15) is 11.1 Å². The second-order valence-electron chi connectivity index (χ2n) is 11.3. The van der Waals surface area contributed by atoms with Gasteiger partial charge in [0.2, 0.25) is 11.8 Å². The maximum atomic E-state index is 13.7. The fourth-order valence-corrected chi connectivity index (χ4v) is 5.76. The van der Waals surface area contributed by atoms with Crippen LogP contribution >= 0.6 is 0 Å². The molecule has 0 spiro atoms. The Balaban J connectivity index is 1.26. The molecule has 4 aromatic carbocycles. The van der Waals surface area contributed by atoms with E-state index in [0.29, 0.717) is 23.0 Å². The Kier molecular flexibility index (Phi) is 9.66. The van der Waals surface area contributed by atoms with Crippen LogP contribution in [0.4, 0.5) is 0 Å². The van der Waals surface area contributed by atoms with E-state index >= 15 is 0 Å². The number of ether oxygens (including phenoxy) is 2. The fourth-order valence-electron chi connectivity index (χ4n) is 5.76. The van der Waals surface area contributed by atoms with Crippen molar-refractivity contribution in [2.45, 2.75) is 13.1 Å². The molecule has 0 bridgehead atoms. The van der Waals surface area contributed by atoms with Crippen molar-refractivity contribution in [1.29, 1.82) is 0 Å². The number of hydrogen-bond donors (Lipinski definition) is 2. The van der Waals surface area contributed by atoms with E-state index in [9.17, 15) is 29.4 Å². The van der Waals surface area contributed by atoms with Gasteiger partial charge in [0.15, 0.2) is 0 Å².